The normalized spacial score (nSPS) is 10.9. The zero-order valence-corrected chi connectivity index (χ0v) is 10.2. The van der Waals surface area contributed by atoms with Crippen LogP contribution in [0.25, 0.3) is 21.7 Å². The molecule has 0 fully saturated rings. The van der Waals surface area contributed by atoms with Crippen LogP contribution in [-0.4, -0.2) is 16.3 Å². The Kier molecular flexibility index (Phi) is 2.46. The Bertz CT molecular complexity index is 701. The summed E-state index contributed by atoms with van der Waals surface area (Å²) < 4.78 is 0.731. The van der Waals surface area contributed by atoms with E-state index in [-0.39, 0.29) is 0 Å². The van der Waals surface area contributed by atoms with Crippen molar-refractivity contribution in [1.29, 1.82) is 0 Å². The van der Waals surface area contributed by atoms with Gasteiger partial charge in [0.25, 0.3) is 0 Å². The van der Waals surface area contributed by atoms with Crippen LogP contribution < -0.4 is 0 Å². The summed E-state index contributed by atoms with van der Waals surface area (Å²) in [5, 5.41) is 0. The summed E-state index contributed by atoms with van der Waals surface area (Å²) in [6.45, 7) is 0. The van der Waals surface area contributed by atoms with Crippen molar-refractivity contribution in [2.45, 2.75) is 0 Å². The first-order chi connectivity index (χ1) is 8.26. The van der Waals surface area contributed by atoms with Gasteiger partial charge in [-0.2, -0.15) is 0 Å². The molecule has 0 aliphatic carbocycles. The lowest BCUT2D eigenvalue weighted by Gasteiger charge is -1.88. The van der Waals surface area contributed by atoms with E-state index >= 15 is 0 Å². The number of hydrogen-bond donors (Lipinski definition) is 1. The number of carbonyl (C=O) groups is 1. The number of aromatic amines is 1. The number of H-pyrrole nitrogens is 1. The molecule has 0 spiro atoms. The van der Waals surface area contributed by atoms with E-state index < -0.39 is 0 Å². The molecule has 1 aromatic carbocycles. The molecule has 0 unspecified atom stereocenters. The lowest BCUT2D eigenvalue weighted by atomic mass is 10.2. The second-order valence-electron chi connectivity index (χ2n) is 3.58. The predicted molar refractivity (Wildman–Crippen MR) is 69.8 cm³/mol. The van der Waals surface area contributed by atoms with Crippen LogP contribution in [0.2, 0.25) is 4.34 Å². The van der Waals surface area contributed by atoms with Crippen molar-refractivity contribution < 1.29 is 4.79 Å². The van der Waals surface area contributed by atoms with Crippen LogP contribution in [0.3, 0.4) is 0 Å². The standard InChI is InChI=1S/C12H7ClN2OS/c13-11-4-3-10(17-11)12-14-8-2-1-7(6-16)5-9(8)15-12/h1-6H,(H,14,15). The molecule has 3 aromatic rings. The Hall–Kier alpha value is -1.65. The number of thiophene rings is 1. The van der Waals surface area contributed by atoms with E-state index in [1.807, 2.05) is 18.2 Å². The van der Waals surface area contributed by atoms with Gasteiger partial charge in [0.1, 0.15) is 12.1 Å². The molecule has 0 amide bonds. The number of fused-ring (bicyclic) bond motifs is 1. The van der Waals surface area contributed by atoms with E-state index in [4.69, 9.17) is 11.6 Å². The molecule has 3 rings (SSSR count). The lowest BCUT2D eigenvalue weighted by Crippen LogP contribution is -1.77. The maximum absolute atomic E-state index is 10.7. The van der Waals surface area contributed by atoms with Crippen molar-refractivity contribution in [3.63, 3.8) is 0 Å². The van der Waals surface area contributed by atoms with Crippen LogP contribution >= 0.6 is 22.9 Å². The van der Waals surface area contributed by atoms with Gasteiger partial charge in [-0.15, -0.1) is 11.3 Å². The van der Waals surface area contributed by atoms with E-state index in [1.165, 1.54) is 11.3 Å². The molecule has 1 N–H and O–H groups in total. The van der Waals surface area contributed by atoms with E-state index in [9.17, 15) is 4.79 Å². The third-order valence-electron chi connectivity index (χ3n) is 2.45. The van der Waals surface area contributed by atoms with Gasteiger partial charge in [-0.1, -0.05) is 11.6 Å². The van der Waals surface area contributed by atoms with Gasteiger partial charge in [0.2, 0.25) is 0 Å². The fourth-order valence-electron chi connectivity index (χ4n) is 1.65. The minimum Gasteiger partial charge on any atom is -0.337 e. The Morgan fingerprint density at radius 2 is 2.18 bits per heavy atom. The first kappa shape index (κ1) is 10.5. The van der Waals surface area contributed by atoms with Crippen LogP contribution in [-0.2, 0) is 0 Å². The van der Waals surface area contributed by atoms with Gasteiger partial charge in [-0.25, -0.2) is 4.98 Å². The summed E-state index contributed by atoms with van der Waals surface area (Å²) in [5.74, 6) is 0.778. The van der Waals surface area contributed by atoms with Crippen molar-refractivity contribution >= 4 is 40.3 Å². The monoisotopic (exact) mass is 262 g/mol. The fraction of sp³-hybridized carbons (Fsp3) is 0. The van der Waals surface area contributed by atoms with E-state index in [2.05, 4.69) is 9.97 Å². The fourth-order valence-corrected chi connectivity index (χ4v) is 2.64. The molecule has 0 saturated carbocycles. The molecule has 0 atom stereocenters. The maximum Gasteiger partial charge on any atom is 0.150 e. The smallest absolute Gasteiger partial charge is 0.150 e. The van der Waals surface area contributed by atoms with Crippen LogP contribution in [0.4, 0.5) is 0 Å². The second kappa shape index (κ2) is 3.98. The quantitative estimate of drug-likeness (QED) is 0.715. The first-order valence-electron chi connectivity index (χ1n) is 4.97. The number of nitrogens with one attached hydrogen (secondary N) is 1. The number of nitrogens with zero attached hydrogens (tertiary/aromatic N) is 1. The van der Waals surface area contributed by atoms with Crippen LogP contribution in [0.5, 0.6) is 0 Å². The van der Waals surface area contributed by atoms with Gasteiger partial charge in [0.05, 0.1) is 20.2 Å². The molecule has 0 bridgehead atoms. The summed E-state index contributed by atoms with van der Waals surface area (Å²) in [4.78, 5) is 19.3. The average molecular weight is 263 g/mol. The summed E-state index contributed by atoms with van der Waals surface area (Å²) in [5.41, 5.74) is 2.32. The molecule has 0 saturated heterocycles. The van der Waals surface area contributed by atoms with E-state index in [0.717, 1.165) is 32.4 Å². The highest BCUT2D eigenvalue weighted by atomic mass is 35.5. The number of benzene rings is 1. The first-order valence-corrected chi connectivity index (χ1v) is 6.16. The Morgan fingerprint density at radius 3 is 2.88 bits per heavy atom. The number of aldehydes is 1. The molecular formula is C12H7ClN2OS. The highest BCUT2D eigenvalue weighted by molar-refractivity contribution is 7.19. The minimum atomic E-state index is 0.625. The van der Waals surface area contributed by atoms with Crippen molar-refractivity contribution in [3.05, 3.63) is 40.2 Å². The van der Waals surface area contributed by atoms with Crippen LogP contribution in [0, 0.1) is 0 Å². The van der Waals surface area contributed by atoms with Gasteiger partial charge in [-0.05, 0) is 30.3 Å². The molecule has 3 nitrogen and oxygen atoms in total. The molecule has 0 aliphatic heterocycles. The molecular weight excluding hydrogens is 256 g/mol. The Balaban J connectivity index is 2.16. The third kappa shape index (κ3) is 1.85. The number of rotatable bonds is 2. The van der Waals surface area contributed by atoms with E-state index in [1.54, 1.807) is 12.1 Å². The molecule has 84 valence electrons. The predicted octanol–water partition coefficient (Wildman–Crippen LogP) is 3.76. The van der Waals surface area contributed by atoms with Gasteiger partial charge in [0.15, 0.2) is 0 Å². The number of carbonyl (C=O) groups excluding carboxylic acids is 1. The van der Waals surface area contributed by atoms with Crippen molar-refractivity contribution in [3.8, 4) is 10.7 Å². The molecule has 0 aliphatic rings. The summed E-state index contributed by atoms with van der Waals surface area (Å²) in [7, 11) is 0. The second-order valence-corrected chi connectivity index (χ2v) is 5.30. The molecule has 2 heterocycles. The zero-order chi connectivity index (χ0) is 11.8. The number of halogens is 1. The average Bonchev–Trinajstić information content (AvgIpc) is 2.93. The molecule has 2 aromatic heterocycles. The lowest BCUT2D eigenvalue weighted by molar-refractivity contribution is 0.112. The Labute approximate surface area is 106 Å². The third-order valence-corrected chi connectivity index (χ3v) is 3.69. The SMILES string of the molecule is O=Cc1ccc2[nH]c(-c3ccc(Cl)s3)nc2c1. The van der Waals surface area contributed by atoms with E-state index in [0.29, 0.717) is 5.56 Å². The van der Waals surface area contributed by atoms with Crippen LogP contribution in [0.15, 0.2) is 30.3 Å². The number of imidazole rings is 1. The van der Waals surface area contributed by atoms with Gasteiger partial charge in [-0.3, -0.25) is 4.79 Å². The molecule has 5 heteroatoms. The molecule has 17 heavy (non-hydrogen) atoms. The largest absolute Gasteiger partial charge is 0.337 e. The van der Waals surface area contributed by atoms with Crippen molar-refractivity contribution in [2.24, 2.45) is 0 Å². The summed E-state index contributed by atoms with van der Waals surface area (Å²) in [6.07, 6.45) is 0.815. The zero-order valence-electron chi connectivity index (χ0n) is 8.61. The topological polar surface area (TPSA) is 45.8 Å². The van der Waals surface area contributed by atoms with Crippen LogP contribution in [0.1, 0.15) is 10.4 Å². The van der Waals surface area contributed by atoms with Gasteiger partial charge in [0, 0.05) is 5.56 Å². The number of hydrogen-bond acceptors (Lipinski definition) is 3. The highest BCUT2D eigenvalue weighted by Crippen LogP contribution is 2.30. The van der Waals surface area contributed by atoms with Crippen molar-refractivity contribution in [2.75, 3.05) is 0 Å². The summed E-state index contributed by atoms with van der Waals surface area (Å²) >= 11 is 7.36. The van der Waals surface area contributed by atoms with Gasteiger partial charge < -0.3 is 4.98 Å². The molecule has 0 radical (unpaired) electrons. The number of aromatic nitrogens is 2. The summed E-state index contributed by atoms with van der Waals surface area (Å²) in [6, 6.07) is 9.14. The van der Waals surface area contributed by atoms with Gasteiger partial charge >= 0.3 is 0 Å². The Morgan fingerprint density at radius 1 is 1.29 bits per heavy atom. The highest BCUT2D eigenvalue weighted by Gasteiger charge is 2.07. The van der Waals surface area contributed by atoms with Crippen molar-refractivity contribution in [1.82, 2.24) is 9.97 Å². The maximum atomic E-state index is 10.7. The minimum absolute atomic E-state index is 0.625.